The lowest BCUT2D eigenvalue weighted by Crippen LogP contribution is -2.45. The van der Waals surface area contributed by atoms with Gasteiger partial charge in [-0.1, -0.05) is 83.8 Å². The van der Waals surface area contributed by atoms with Crippen LogP contribution in [0, 0.1) is 0 Å². The van der Waals surface area contributed by atoms with E-state index in [0.29, 0.717) is 0 Å². The van der Waals surface area contributed by atoms with Crippen LogP contribution < -0.4 is 4.48 Å². The highest BCUT2D eigenvalue weighted by Gasteiger charge is 2.21. The molecule has 1 atom stereocenters. The Labute approximate surface area is 164 Å². The first-order valence-electron chi connectivity index (χ1n) is 11.2. The fourth-order valence-electron chi connectivity index (χ4n) is 3.74. The highest BCUT2D eigenvalue weighted by atomic mass is 15.3. The molecule has 0 saturated carbocycles. The predicted octanol–water partition coefficient (Wildman–Crippen LogP) is 7.99. The summed E-state index contributed by atoms with van der Waals surface area (Å²) in [5, 5.41) is 0. The molecule has 1 unspecified atom stereocenters. The van der Waals surface area contributed by atoms with Crippen LogP contribution in [-0.4, -0.2) is 20.1 Å². The summed E-state index contributed by atoms with van der Waals surface area (Å²) in [4.78, 5) is 0. The molecular formula is C25H44N+. The quantitative estimate of drug-likeness (QED) is 0.207. The van der Waals surface area contributed by atoms with Crippen LogP contribution in [0.1, 0.15) is 96.5 Å². The van der Waals surface area contributed by atoms with E-state index >= 15 is 0 Å². The van der Waals surface area contributed by atoms with Crippen molar-refractivity contribution in [2.75, 3.05) is 20.1 Å². The van der Waals surface area contributed by atoms with Gasteiger partial charge in [-0.3, -0.25) is 4.48 Å². The Hall–Kier alpha value is -1.08. The van der Waals surface area contributed by atoms with Crippen molar-refractivity contribution in [3.05, 3.63) is 36.4 Å². The Morgan fingerprint density at radius 1 is 0.731 bits per heavy atom. The Balaban J connectivity index is 2.12. The zero-order chi connectivity index (χ0) is 19.1. The van der Waals surface area contributed by atoms with E-state index in [1.165, 1.54) is 94.8 Å². The van der Waals surface area contributed by atoms with Crippen molar-refractivity contribution < 1.29 is 0 Å². The Morgan fingerprint density at radius 3 is 1.62 bits per heavy atom. The maximum Gasteiger partial charge on any atom is 0.132 e. The van der Waals surface area contributed by atoms with Crippen LogP contribution in [0.15, 0.2) is 30.8 Å². The summed E-state index contributed by atoms with van der Waals surface area (Å²) < 4.78 is 1.05. The first-order valence-corrected chi connectivity index (χ1v) is 11.2. The van der Waals surface area contributed by atoms with E-state index < -0.39 is 0 Å². The molecule has 0 bridgehead atoms. The number of rotatable bonds is 16. The van der Waals surface area contributed by atoms with Gasteiger partial charge in [-0.2, -0.15) is 0 Å². The topological polar surface area (TPSA) is 0 Å². The molecule has 26 heavy (non-hydrogen) atoms. The number of hydrogen-bond donors (Lipinski definition) is 0. The maximum atomic E-state index is 3.85. The summed E-state index contributed by atoms with van der Waals surface area (Å²) in [7, 11) is 2.38. The second kappa shape index (κ2) is 14.0. The summed E-state index contributed by atoms with van der Waals surface area (Å²) >= 11 is 0. The predicted molar refractivity (Wildman–Crippen MR) is 121 cm³/mol. The molecule has 1 nitrogen and oxygen atoms in total. The van der Waals surface area contributed by atoms with Gasteiger partial charge in [-0.05, 0) is 49.6 Å². The van der Waals surface area contributed by atoms with Crippen LogP contribution in [0.4, 0.5) is 5.69 Å². The highest BCUT2D eigenvalue weighted by Crippen LogP contribution is 2.23. The molecule has 0 saturated heterocycles. The van der Waals surface area contributed by atoms with E-state index in [1.54, 1.807) is 0 Å². The van der Waals surface area contributed by atoms with Crippen LogP contribution in [0.2, 0.25) is 0 Å². The average Bonchev–Trinajstić information content (AvgIpc) is 2.68. The number of hydrogen-bond acceptors (Lipinski definition) is 0. The molecule has 0 amide bonds. The van der Waals surface area contributed by atoms with Crippen LogP contribution in [-0.2, 0) is 0 Å². The largest absolute Gasteiger partial charge is 0.294 e. The smallest absolute Gasteiger partial charge is 0.132 e. The fourth-order valence-corrected chi connectivity index (χ4v) is 3.74. The van der Waals surface area contributed by atoms with Crippen LogP contribution in [0.25, 0.3) is 6.08 Å². The number of unbranched alkanes of at least 4 members (excludes halogenated alkanes) is 11. The second-order valence-electron chi connectivity index (χ2n) is 8.12. The molecule has 1 heteroatoms. The summed E-state index contributed by atoms with van der Waals surface area (Å²) in [5.74, 6) is 0. The van der Waals surface area contributed by atoms with Gasteiger partial charge in [0, 0.05) is 0 Å². The SMILES string of the molecule is C=Cc1ccc([N+](C)(CC)CCCCCCCCCCCCCC)cc1. The summed E-state index contributed by atoms with van der Waals surface area (Å²) in [5.41, 5.74) is 2.64. The molecule has 0 radical (unpaired) electrons. The van der Waals surface area contributed by atoms with Gasteiger partial charge in [0.2, 0.25) is 0 Å². The molecule has 1 aromatic rings. The number of benzene rings is 1. The minimum Gasteiger partial charge on any atom is -0.294 e. The third-order valence-electron chi connectivity index (χ3n) is 5.96. The molecule has 1 rings (SSSR count). The molecule has 1 aromatic carbocycles. The molecule has 0 spiro atoms. The summed E-state index contributed by atoms with van der Waals surface area (Å²) in [6.07, 6.45) is 19.0. The highest BCUT2D eigenvalue weighted by molar-refractivity contribution is 5.53. The molecule has 0 fully saturated rings. The number of quaternary nitrogens is 1. The molecular weight excluding hydrogens is 314 g/mol. The Bertz CT molecular complexity index is 462. The second-order valence-corrected chi connectivity index (χ2v) is 8.12. The molecule has 0 aliphatic rings. The minimum absolute atomic E-state index is 1.05. The van der Waals surface area contributed by atoms with Crippen molar-refractivity contribution in [2.45, 2.75) is 90.9 Å². The van der Waals surface area contributed by atoms with E-state index in [4.69, 9.17) is 0 Å². The van der Waals surface area contributed by atoms with E-state index in [1.807, 2.05) is 6.08 Å². The average molecular weight is 359 g/mol. The summed E-state index contributed by atoms with van der Waals surface area (Å²) in [6.45, 7) is 10.9. The van der Waals surface area contributed by atoms with Crippen molar-refractivity contribution in [1.82, 2.24) is 4.48 Å². The van der Waals surface area contributed by atoms with Crippen LogP contribution in [0.3, 0.4) is 0 Å². The van der Waals surface area contributed by atoms with E-state index in [2.05, 4.69) is 51.7 Å². The lowest BCUT2D eigenvalue weighted by atomic mass is 10.0. The van der Waals surface area contributed by atoms with Crippen LogP contribution >= 0.6 is 0 Å². The van der Waals surface area contributed by atoms with Crippen molar-refractivity contribution in [3.8, 4) is 0 Å². The monoisotopic (exact) mass is 358 g/mol. The van der Waals surface area contributed by atoms with Gasteiger partial charge in [0.25, 0.3) is 0 Å². The Morgan fingerprint density at radius 2 is 1.19 bits per heavy atom. The number of nitrogens with zero attached hydrogens (tertiary/aromatic N) is 1. The normalized spacial score (nSPS) is 13.5. The standard InChI is InChI=1S/C25H44N/c1-5-8-9-10-11-12-13-14-15-16-17-18-23-26(4,7-3)25-21-19-24(6-2)20-22-25/h6,19-22H,2,5,7-18,23H2,1,3-4H3/q+1. The van der Waals surface area contributed by atoms with E-state index in [-0.39, 0.29) is 0 Å². The molecule has 148 valence electrons. The fraction of sp³-hybridized carbons (Fsp3) is 0.680. The lowest BCUT2D eigenvalue weighted by Gasteiger charge is -2.33. The molecule has 0 aromatic heterocycles. The van der Waals surface area contributed by atoms with Gasteiger partial charge in [0.05, 0.1) is 20.1 Å². The third-order valence-corrected chi connectivity index (χ3v) is 5.96. The van der Waals surface area contributed by atoms with Crippen molar-refractivity contribution in [2.24, 2.45) is 0 Å². The van der Waals surface area contributed by atoms with Gasteiger partial charge in [0.15, 0.2) is 0 Å². The first kappa shape index (κ1) is 23.0. The van der Waals surface area contributed by atoms with Gasteiger partial charge in [0.1, 0.15) is 5.69 Å². The third kappa shape index (κ3) is 9.03. The van der Waals surface area contributed by atoms with Crippen molar-refractivity contribution >= 4 is 11.8 Å². The van der Waals surface area contributed by atoms with Gasteiger partial charge >= 0.3 is 0 Å². The van der Waals surface area contributed by atoms with Gasteiger partial charge in [-0.15, -0.1) is 0 Å². The Kier molecular flexibility index (Phi) is 12.4. The zero-order valence-electron chi connectivity index (χ0n) is 17.9. The first-order chi connectivity index (χ1) is 12.7. The van der Waals surface area contributed by atoms with E-state index in [9.17, 15) is 0 Å². The molecule has 0 aliphatic carbocycles. The maximum absolute atomic E-state index is 3.85. The summed E-state index contributed by atoms with van der Waals surface area (Å²) in [6, 6.07) is 8.94. The lowest BCUT2D eigenvalue weighted by molar-refractivity contribution is 0.334. The van der Waals surface area contributed by atoms with Gasteiger partial charge < -0.3 is 0 Å². The molecule has 0 N–H and O–H groups in total. The van der Waals surface area contributed by atoms with E-state index in [0.717, 1.165) is 11.0 Å². The van der Waals surface area contributed by atoms with Gasteiger partial charge in [-0.25, -0.2) is 0 Å². The van der Waals surface area contributed by atoms with Crippen molar-refractivity contribution in [1.29, 1.82) is 0 Å². The molecule has 0 aliphatic heterocycles. The van der Waals surface area contributed by atoms with Crippen LogP contribution in [0.5, 0.6) is 0 Å². The zero-order valence-corrected chi connectivity index (χ0v) is 17.9. The minimum atomic E-state index is 1.05. The molecule has 0 heterocycles. The van der Waals surface area contributed by atoms with Crippen molar-refractivity contribution in [3.63, 3.8) is 0 Å².